The maximum atomic E-state index is 11.0. The molecule has 0 bridgehead atoms. The third-order valence-corrected chi connectivity index (χ3v) is 2.39. The third-order valence-electron chi connectivity index (χ3n) is 2.22. The molecule has 0 saturated carbocycles. The lowest BCUT2D eigenvalue weighted by molar-refractivity contribution is -0.147. The fourth-order valence-electron chi connectivity index (χ4n) is 1.22. The van der Waals surface area contributed by atoms with Gasteiger partial charge in [-0.15, -0.1) is 0 Å². The van der Waals surface area contributed by atoms with Gasteiger partial charge in [0.1, 0.15) is 6.61 Å². The first-order valence-electron chi connectivity index (χ1n) is 5.21. The highest BCUT2D eigenvalue weighted by atomic mass is 31.0. The Morgan fingerprint density at radius 1 is 1.43 bits per heavy atom. The maximum Gasteiger partial charge on any atom is 0.332 e. The van der Waals surface area contributed by atoms with Crippen molar-refractivity contribution in [3.8, 4) is 0 Å². The summed E-state index contributed by atoms with van der Waals surface area (Å²) in [5.74, 6) is 0.221. The molecule has 0 fully saturated rings. The third kappa shape index (κ3) is 7.28. The molecule has 0 aliphatic rings. The number of rotatable bonds is 8. The lowest BCUT2D eigenvalue weighted by Gasteiger charge is -2.14. The second-order valence-corrected chi connectivity index (χ2v) is 3.74. The van der Waals surface area contributed by atoms with Crippen LogP contribution in [0.5, 0.6) is 0 Å². The van der Waals surface area contributed by atoms with E-state index >= 15 is 0 Å². The van der Waals surface area contributed by atoms with Crippen LogP contribution in [0.3, 0.4) is 0 Å². The first kappa shape index (κ1) is 13.9. The number of hydrogen-bond donors (Lipinski definition) is 0. The first-order valence-corrected chi connectivity index (χ1v) is 5.69. The minimum atomic E-state index is -0.282. The average Bonchev–Trinajstić information content (AvgIpc) is 2.19. The normalized spacial score (nSPS) is 12.5. The Morgan fingerprint density at radius 2 is 2.14 bits per heavy atom. The largest absolute Gasteiger partial charge is 0.464 e. The van der Waals surface area contributed by atoms with Crippen LogP contribution >= 0.6 is 9.47 Å². The van der Waals surface area contributed by atoms with Crippen LogP contribution in [-0.2, 0) is 14.1 Å². The van der Waals surface area contributed by atoms with Crippen LogP contribution in [-0.4, -0.2) is 19.2 Å². The van der Waals surface area contributed by atoms with Crippen molar-refractivity contribution in [2.24, 2.45) is 5.92 Å². The zero-order valence-corrected chi connectivity index (χ0v) is 10.3. The molecule has 0 amide bonds. The Labute approximate surface area is 88.8 Å². The van der Waals surface area contributed by atoms with E-state index in [-0.39, 0.29) is 12.6 Å². The Kier molecular flexibility index (Phi) is 9.32. The Hall–Kier alpha value is -0.140. The molecule has 0 aromatic heterocycles. The summed E-state index contributed by atoms with van der Waals surface area (Å²) in [6.07, 6.45) is 4.60. The molecule has 0 heterocycles. The summed E-state index contributed by atoms with van der Waals surface area (Å²) >= 11 is 0. The van der Waals surface area contributed by atoms with Gasteiger partial charge in [-0.1, -0.05) is 33.1 Å². The molecule has 0 saturated heterocycles. The van der Waals surface area contributed by atoms with Crippen molar-refractivity contribution < 1.29 is 14.1 Å². The minimum Gasteiger partial charge on any atom is -0.464 e. The summed E-state index contributed by atoms with van der Waals surface area (Å²) in [6.45, 7) is 4.85. The molecule has 0 radical (unpaired) electrons. The SMILES string of the molecule is CCCCC(CC)COC(=O)COP. The molecule has 0 rings (SSSR count). The Balaban J connectivity index is 3.55. The molecule has 4 heteroatoms. The van der Waals surface area contributed by atoms with Crippen LogP contribution in [0.2, 0.25) is 0 Å². The lowest BCUT2D eigenvalue weighted by Crippen LogP contribution is -2.16. The molecule has 2 atom stereocenters. The molecule has 84 valence electrons. The number of hydrogen-bond acceptors (Lipinski definition) is 3. The Morgan fingerprint density at radius 3 is 2.64 bits per heavy atom. The molecular formula is C10H21O3P. The van der Waals surface area contributed by atoms with Crippen LogP contribution in [0.1, 0.15) is 39.5 Å². The zero-order chi connectivity index (χ0) is 10.8. The highest BCUT2D eigenvalue weighted by Crippen LogP contribution is 2.12. The van der Waals surface area contributed by atoms with E-state index in [1.165, 1.54) is 12.8 Å². The summed E-state index contributed by atoms with van der Waals surface area (Å²) in [5, 5.41) is 0. The molecule has 0 N–H and O–H groups in total. The molecule has 14 heavy (non-hydrogen) atoms. The molecule has 0 aromatic carbocycles. The van der Waals surface area contributed by atoms with Crippen molar-refractivity contribution in [3.63, 3.8) is 0 Å². The van der Waals surface area contributed by atoms with Crippen LogP contribution < -0.4 is 0 Å². The number of ether oxygens (including phenoxy) is 1. The standard InChI is InChI=1S/C10H21O3P/c1-3-5-6-9(4-2)7-12-10(11)8-13-14/h9H,3-8,14H2,1-2H3. The smallest absolute Gasteiger partial charge is 0.332 e. The second-order valence-electron chi connectivity index (χ2n) is 3.41. The van der Waals surface area contributed by atoms with Crippen LogP contribution in [0.25, 0.3) is 0 Å². The van der Waals surface area contributed by atoms with Gasteiger partial charge in [-0.3, -0.25) is 0 Å². The fraction of sp³-hybridized carbons (Fsp3) is 0.900. The van der Waals surface area contributed by atoms with Gasteiger partial charge in [0.25, 0.3) is 0 Å². The van der Waals surface area contributed by atoms with Gasteiger partial charge in [-0.25, -0.2) is 4.79 Å². The van der Waals surface area contributed by atoms with E-state index in [0.717, 1.165) is 12.8 Å². The van der Waals surface area contributed by atoms with E-state index in [2.05, 4.69) is 18.4 Å². The maximum absolute atomic E-state index is 11.0. The predicted octanol–water partition coefficient (Wildman–Crippen LogP) is 2.55. The highest BCUT2D eigenvalue weighted by Gasteiger charge is 2.09. The van der Waals surface area contributed by atoms with E-state index < -0.39 is 0 Å². The van der Waals surface area contributed by atoms with Crippen LogP contribution in [0.4, 0.5) is 0 Å². The van der Waals surface area contributed by atoms with E-state index in [1.807, 2.05) is 9.47 Å². The van der Waals surface area contributed by atoms with Crippen molar-refractivity contribution in [2.45, 2.75) is 39.5 Å². The van der Waals surface area contributed by atoms with E-state index in [0.29, 0.717) is 12.5 Å². The topological polar surface area (TPSA) is 35.5 Å². The molecule has 3 nitrogen and oxygen atoms in total. The summed E-state index contributed by atoms with van der Waals surface area (Å²) in [7, 11) is 2.04. The van der Waals surface area contributed by atoms with Crippen LogP contribution in [0.15, 0.2) is 0 Å². The number of carbonyl (C=O) groups excluding carboxylic acids is 1. The number of carbonyl (C=O) groups is 1. The first-order chi connectivity index (χ1) is 6.74. The highest BCUT2D eigenvalue weighted by molar-refractivity contribution is 7.09. The van der Waals surface area contributed by atoms with Gasteiger partial charge in [-0.2, -0.15) is 0 Å². The van der Waals surface area contributed by atoms with Crippen LogP contribution in [0, 0.1) is 5.92 Å². The molecule has 0 spiro atoms. The minimum absolute atomic E-state index is 0.0227. The molecule has 0 aliphatic heterocycles. The quantitative estimate of drug-likeness (QED) is 0.466. The summed E-state index contributed by atoms with van der Waals surface area (Å²) in [5.41, 5.74) is 0. The molecule has 0 aromatic rings. The van der Waals surface area contributed by atoms with Crippen molar-refractivity contribution in [1.82, 2.24) is 0 Å². The molecule has 2 unspecified atom stereocenters. The summed E-state index contributed by atoms with van der Waals surface area (Å²) in [6, 6.07) is 0. The van der Waals surface area contributed by atoms with Gasteiger partial charge in [0.15, 0.2) is 0 Å². The summed E-state index contributed by atoms with van der Waals surface area (Å²) in [4.78, 5) is 11.0. The number of esters is 1. The predicted molar refractivity (Wildman–Crippen MR) is 59.9 cm³/mol. The van der Waals surface area contributed by atoms with Gasteiger partial charge in [0.05, 0.1) is 6.61 Å². The second kappa shape index (κ2) is 9.42. The van der Waals surface area contributed by atoms with Crippen molar-refractivity contribution in [2.75, 3.05) is 13.2 Å². The Bertz CT molecular complexity index is 150. The van der Waals surface area contributed by atoms with E-state index in [9.17, 15) is 4.79 Å². The van der Waals surface area contributed by atoms with Gasteiger partial charge in [0.2, 0.25) is 0 Å². The van der Waals surface area contributed by atoms with Crippen molar-refractivity contribution >= 4 is 15.4 Å². The average molecular weight is 220 g/mol. The number of unbranched alkanes of at least 4 members (excludes halogenated alkanes) is 1. The van der Waals surface area contributed by atoms with Gasteiger partial charge in [0, 0.05) is 9.47 Å². The molecule has 0 aliphatic carbocycles. The monoisotopic (exact) mass is 220 g/mol. The fourth-order valence-corrected chi connectivity index (χ4v) is 1.35. The van der Waals surface area contributed by atoms with Crippen molar-refractivity contribution in [3.05, 3.63) is 0 Å². The van der Waals surface area contributed by atoms with Gasteiger partial charge >= 0.3 is 5.97 Å². The van der Waals surface area contributed by atoms with Gasteiger partial charge < -0.3 is 9.26 Å². The lowest BCUT2D eigenvalue weighted by atomic mass is 10.0. The summed E-state index contributed by atoms with van der Waals surface area (Å²) < 4.78 is 9.65. The van der Waals surface area contributed by atoms with E-state index in [4.69, 9.17) is 4.74 Å². The molecular weight excluding hydrogens is 199 g/mol. The van der Waals surface area contributed by atoms with Gasteiger partial charge in [-0.05, 0) is 12.3 Å². The van der Waals surface area contributed by atoms with E-state index in [1.54, 1.807) is 0 Å². The van der Waals surface area contributed by atoms with Crippen molar-refractivity contribution in [1.29, 1.82) is 0 Å². The zero-order valence-electron chi connectivity index (χ0n) is 9.12.